The summed E-state index contributed by atoms with van der Waals surface area (Å²) in [7, 11) is 0. The SMILES string of the molecule is CCCCCCCN(C(=O)CNC(=O)OC(C)(C)C)C(C(=O)NCCC(=O)OCC)c1cc(C)cc(C)c1. The summed E-state index contributed by atoms with van der Waals surface area (Å²) >= 11 is 0. The summed E-state index contributed by atoms with van der Waals surface area (Å²) in [5.74, 6) is -1.18. The van der Waals surface area contributed by atoms with Crippen molar-refractivity contribution in [3.63, 3.8) is 0 Å². The number of carbonyl (C=O) groups excluding carboxylic acids is 4. The quantitative estimate of drug-likeness (QED) is 0.249. The van der Waals surface area contributed by atoms with Crippen LogP contribution in [-0.2, 0) is 23.9 Å². The predicted octanol–water partition coefficient (Wildman–Crippen LogP) is 4.74. The molecule has 1 rings (SSSR count). The molecule has 0 spiro atoms. The molecule has 0 aliphatic carbocycles. The topological polar surface area (TPSA) is 114 Å². The van der Waals surface area contributed by atoms with Crippen molar-refractivity contribution in [1.29, 1.82) is 0 Å². The zero-order chi connectivity index (χ0) is 28.7. The first-order valence-corrected chi connectivity index (χ1v) is 13.7. The number of hydrogen-bond acceptors (Lipinski definition) is 6. The number of aryl methyl sites for hydroxylation is 2. The Labute approximate surface area is 228 Å². The zero-order valence-electron chi connectivity index (χ0n) is 24.3. The van der Waals surface area contributed by atoms with E-state index >= 15 is 0 Å². The van der Waals surface area contributed by atoms with E-state index in [0.717, 1.165) is 43.2 Å². The van der Waals surface area contributed by atoms with Gasteiger partial charge in [-0.1, -0.05) is 61.9 Å². The lowest BCUT2D eigenvalue weighted by molar-refractivity contribution is -0.143. The maximum Gasteiger partial charge on any atom is 0.408 e. The van der Waals surface area contributed by atoms with Crippen molar-refractivity contribution in [1.82, 2.24) is 15.5 Å². The third-order valence-corrected chi connectivity index (χ3v) is 5.66. The maximum atomic E-state index is 13.5. The minimum atomic E-state index is -0.921. The van der Waals surface area contributed by atoms with Gasteiger partial charge in [-0.3, -0.25) is 14.4 Å². The van der Waals surface area contributed by atoms with Crippen LogP contribution in [0.5, 0.6) is 0 Å². The average molecular weight is 534 g/mol. The van der Waals surface area contributed by atoms with Crippen molar-refractivity contribution in [2.45, 2.75) is 98.6 Å². The minimum absolute atomic E-state index is 0.0321. The Morgan fingerprint density at radius 2 is 1.55 bits per heavy atom. The number of nitrogens with zero attached hydrogens (tertiary/aromatic N) is 1. The third-order valence-electron chi connectivity index (χ3n) is 5.66. The second-order valence-electron chi connectivity index (χ2n) is 10.5. The number of hydrogen-bond donors (Lipinski definition) is 2. The molecule has 2 N–H and O–H groups in total. The normalized spacial score (nSPS) is 11.9. The predicted molar refractivity (Wildman–Crippen MR) is 148 cm³/mol. The fourth-order valence-electron chi connectivity index (χ4n) is 4.11. The first-order valence-electron chi connectivity index (χ1n) is 13.7. The molecule has 0 heterocycles. The van der Waals surface area contributed by atoms with Crippen molar-refractivity contribution in [2.75, 3.05) is 26.2 Å². The second kappa shape index (κ2) is 16.7. The molecule has 0 aromatic heterocycles. The van der Waals surface area contributed by atoms with Gasteiger partial charge in [-0.2, -0.15) is 0 Å². The van der Waals surface area contributed by atoms with Crippen LogP contribution >= 0.6 is 0 Å². The average Bonchev–Trinajstić information content (AvgIpc) is 2.80. The Kier molecular flexibility index (Phi) is 14.5. The van der Waals surface area contributed by atoms with Gasteiger partial charge in [-0.05, 0) is 53.5 Å². The number of benzene rings is 1. The van der Waals surface area contributed by atoms with E-state index in [9.17, 15) is 19.2 Å². The lowest BCUT2D eigenvalue weighted by Crippen LogP contribution is -2.48. The van der Waals surface area contributed by atoms with Crippen LogP contribution in [0.15, 0.2) is 18.2 Å². The molecule has 0 saturated heterocycles. The van der Waals surface area contributed by atoms with E-state index in [0.29, 0.717) is 12.1 Å². The molecular formula is C29H47N3O6. The van der Waals surface area contributed by atoms with Gasteiger partial charge in [-0.25, -0.2) is 4.79 Å². The number of carbonyl (C=O) groups is 4. The van der Waals surface area contributed by atoms with Gasteiger partial charge in [0.15, 0.2) is 0 Å². The molecule has 0 bridgehead atoms. The van der Waals surface area contributed by atoms with E-state index in [-0.39, 0.29) is 26.1 Å². The van der Waals surface area contributed by atoms with Crippen LogP contribution < -0.4 is 10.6 Å². The second-order valence-corrected chi connectivity index (χ2v) is 10.5. The van der Waals surface area contributed by atoms with Crippen molar-refractivity contribution >= 4 is 23.9 Å². The first-order chi connectivity index (χ1) is 17.9. The van der Waals surface area contributed by atoms with Gasteiger partial charge in [0.25, 0.3) is 0 Å². The van der Waals surface area contributed by atoms with Crippen LogP contribution in [0.3, 0.4) is 0 Å². The molecule has 3 amide bonds. The maximum absolute atomic E-state index is 13.5. The standard InChI is InChI=1S/C29H47N3O6/c1-8-10-11-12-13-16-32(24(33)20-31-28(36)38-29(5,6)7)26(23-18-21(3)17-22(4)19-23)27(35)30-15-14-25(34)37-9-2/h17-19,26H,8-16,20H2,1-7H3,(H,30,35)(H,31,36). The largest absolute Gasteiger partial charge is 0.466 e. The molecule has 1 atom stereocenters. The lowest BCUT2D eigenvalue weighted by atomic mass is 9.98. The van der Waals surface area contributed by atoms with Crippen LogP contribution in [0, 0.1) is 13.8 Å². The van der Waals surface area contributed by atoms with Crippen LogP contribution in [0.2, 0.25) is 0 Å². The molecule has 0 aliphatic heterocycles. The lowest BCUT2D eigenvalue weighted by Gasteiger charge is -2.32. The zero-order valence-corrected chi connectivity index (χ0v) is 24.3. The molecule has 1 unspecified atom stereocenters. The third kappa shape index (κ3) is 12.9. The molecular weight excluding hydrogens is 486 g/mol. The fraction of sp³-hybridized carbons (Fsp3) is 0.655. The van der Waals surface area contributed by atoms with E-state index in [2.05, 4.69) is 17.6 Å². The van der Waals surface area contributed by atoms with E-state index in [1.165, 1.54) is 4.90 Å². The van der Waals surface area contributed by atoms with E-state index in [4.69, 9.17) is 9.47 Å². The monoisotopic (exact) mass is 533 g/mol. The highest BCUT2D eigenvalue weighted by atomic mass is 16.6. The molecule has 38 heavy (non-hydrogen) atoms. The van der Waals surface area contributed by atoms with Gasteiger partial charge in [0.1, 0.15) is 18.2 Å². The van der Waals surface area contributed by atoms with Crippen molar-refractivity contribution in [2.24, 2.45) is 0 Å². The van der Waals surface area contributed by atoms with Crippen molar-refractivity contribution < 1.29 is 28.7 Å². The van der Waals surface area contributed by atoms with Crippen LogP contribution in [0.25, 0.3) is 0 Å². The molecule has 1 aromatic carbocycles. The van der Waals surface area contributed by atoms with Crippen LogP contribution in [0.1, 0.15) is 95.9 Å². The summed E-state index contributed by atoms with van der Waals surface area (Å²) < 4.78 is 10.2. The highest BCUT2D eigenvalue weighted by molar-refractivity contribution is 5.90. The molecule has 0 saturated carbocycles. The Bertz CT molecular complexity index is 905. The highest BCUT2D eigenvalue weighted by Crippen LogP contribution is 2.25. The van der Waals surface area contributed by atoms with Crippen molar-refractivity contribution in [3.8, 4) is 0 Å². The summed E-state index contributed by atoms with van der Waals surface area (Å²) in [4.78, 5) is 52.6. The van der Waals surface area contributed by atoms with Gasteiger partial charge < -0.3 is 25.0 Å². The Morgan fingerprint density at radius 1 is 0.921 bits per heavy atom. The molecule has 0 aliphatic rings. The summed E-state index contributed by atoms with van der Waals surface area (Å²) in [6.45, 7) is 13.4. The summed E-state index contributed by atoms with van der Waals surface area (Å²) in [6.07, 6.45) is 4.20. The van der Waals surface area contributed by atoms with Gasteiger partial charge in [0.2, 0.25) is 11.8 Å². The fourth-order valence-corrected chi connectivity index (χ4v) is 4.11. The van der Waals surface area contributed by atoms with Gasteiger partial charge >= 0.3 is 12.1 Å². The molecule has 0 fully saturated rings. The highest BCUT2D eigenvalue weighted by Gasteiger charge is 2.32. The number of nitrogens with one attached hydrogen (secondary N) is 2. The molecule has 9 heteroatoms. The Hall–Kier alpha value is -3.10. The van der Waals surface area contributed by atoms with E-state index in [1.54, 1.807) is 27.7 Å². The molecule has 214 valence electrons. The van der Waals surface area contributed by atoms with Gasteiger partial charge in [0, 0.05) is 13.1 Å². The Balaban J connectivity index is 3.22. The van der Waals surface area contributed by atoms with E-state index in [1.807, 2.05) is 32.0 Å². The summed E-state index contributed by atoms with van der Waals surface area (Å²) in [6, 6.07) is 4.86. The summed E-state index contributed by atoms with van der Waals surface area (Å²) in [5.41, 5.74) is 1.90. The summed E-state index contributed by atoms with van der Waals surface area (Å²) in [5, 5.41) is 5.33. The van der Waals surface area contributed by atoms with E-state index < -0.39 is 35.5 Å². The van der Waals surface area contributed by atoms with Crippen LogP contribution in [0.4, 0.5) is 4.79 Å². The number of rotatable bonds is 15. The van der Waals surface area contributed by atoms with Crippen LogP contribution in [-0.4, -0.2) is 60.6 Å². The number of alkyl carbamates (subject to hydrolysis) is 1. The van der Waals surface area contributed by atoms with Crippen molar-refractivity contribution in [3.05, 3.63) is 34.9 Å². The number of amides is 3. The molecule has 0 radical (unpaired) electrons. The first kappa shape index (κ1) is 32.9. The molecule has 1 aromatic rings. The number of ether oxygens (including phenoxy) is 2. The smallest absolute Gasteiger partial charge is 0.408 e. The number of unbranched alkanes of at least 4 members (excludes halogenated alkanes) is 4. The van der Waals surface area contributed by atoms with Gasteiger partial charge in [0.05, 0.1) is 13.0 Å². The number of esters is 1. The minimum Gasteiger partial charge on any atom is -0.466 e. The Morgan fingerprint density at radius 3 is 2.13 bits per heavy atom. The molecule has 9 nitrogen and oxygen atoms in total. The van der Waals surface area contributed by atoms with Gasteiger partial charge in [-0.15, -0.1) is 0 Å².